The second-order valence-electron chi connectivity index (χ2n) is 5.96. The van der Waals surface area contributed by atoms with Gasteiger partial charge >= 0.3 is 0 Å². The lowest BCUT2D eigenvalue weighted by Gasteiger charge is -2.16. The predicted octanol–water partition coefficient (Wildman–Crippen LogP) is 4.79. The molecule has 1 fully saturated rings. The van der Waals surface area contributed by atoms with Gasteiger partial charge in [0, 0.05) is 18.8 Å². The number of fused-ring (bicyclic) bond motifs is 1. The molecule has 23 heavy (non-hydrogen) atoms. The Morgan fingerprint density at radius 3 is 2.96 bits per heavy atom. The van der Waals surface area contributed by atoms with Crippen LogP contribution in [0.4, 0.5) is 10.8 Å². The maximum atomic E-state index is 12.2. The molecule has 124 valence electrons. The molecule has 0 radical (unpaired) electrons. The van der Waals surface area contributed by atoms with Gasteiger partial charge in [0.25, 0.3) is 0 Å². The Kier molecular flexibility index (Phi) is 5.54. The molecule has 0 spiro atoms. The zero-order valence-corrected chi connectivity index (χ0v) is 15.8. The van der Waals surface area contributed by atoms with E-state index in [4.69, 9.17) is 0 Å². The number of carbonyl (C=O) groups excluding carboxylic acids is 1. The van der Waals surface area contributed by atoms with Crippen LogP contribution in [-0.4, -0.2) is 28.8 Å². The molecule has 0 aliphatic carbocycles. The van der Waals surface area contributed by atoms with E-state index in [1.165, 1.54) is 18.5 Å². The monoisotopic (exact) mass is 395 g/mol. The first-order valence-electron chi connectivity index (χ1n) is 8.28. The minimum atomic E-state index is -0.144. The first-order chi connectivity index (χ1) is 11.2. The van der Waals surface area contributed by atoms with E-state index in [0.29, 0.717) is 5.13 Å². The summed E-state index contributed by atoms with van der Waals surface area (Å²) in [7, 11) is 0. The van der Waals surface area contributed by atoms with Crippen LogP contribution in [0.15, 0.2) is 18.2 Å². The minimum absolute atomic E-state index is 0.00253. The third-order valence-electron chi connectivity index (χ3n) is 4.17. The predicted molar refractivity (Wildman–Crippen MR) is 102 cm³/mol. The van der Waals surface area contributed by atoms with Gasteiger partial charge in [-0.1, -0.05) is 47.0 Å². The van der Waals surface area contributed by atoms with Crippen molar-refractivity contribution in [3.8, 4) is 0 Å². The summed E-state index contributed by atoms with van der Waals surface area (Å²) in [6.07, 6.45) is 5.53. The fraction of sp³-hybridized carbons (Fsp3) is 0.529. The second-order valence-corrected chi connectivity index (χ2v) is 8.10. The minimum Gasteiger partial charge on any atom is -0.371 e. The van der Waals surface area contributed by atoms with Crippen molar-refractivity contribution in [1.82, 2.24) is 4.98 Å². The van der Waals surface area contributed by atoms with Gasteiger partial charge in [-0.15, -0.1) is 0 Å². The molecule has 6 heteroatoms. The van der Waals surface area contributed by atoms with Crippen molar-refractivity contribution >= 4 is 54.2 Å². The quantitative estimate of drug-likeness (QED) is 0.715. The number of nitrogens with one attached hydrogen (secondary N) is 1. The van der Waals surface area contributed by atoms with E-state index in [2.05, 4.69) is 56.3 Å². The molecule has 1 aliphatic heterocycles. The summed E-state index contributed by atoms with van der Waals surface area (Å²) in [6.45, 7) is 4.40. The third-order valence-corrected chi connectivity index (χ3v) is 5.98. The molecule has 1 N–H and O–H groups in total. The van der Waals surface area contributed by atoms with Crippen LogP contribution in [0.25, 0.3) is 10.2 Å². The van der Waals surface area contributed by atoms with Crippen molar-refractivity contribution in [3.63, 3.8) is 0 Å². The van der Waals surface area contributed by atoms with Crippen LogP contribution in [0.5, 0.6) is 0 Å². The zero-order valence-electron chi connectivity index (χ0n) is 13.3. The molecule has 0 bridgehead atoms. The van der Waals surface area contributed by atoms with Crippen LogP contribution < -0.4 is 10.2 Å². The number of thiazole rings is 1. The molecular weight excluding hydrogens is 374 g/mol. The Labute approximate surface area is 149 Å². The highest BCUT2D eigenvalue weighted by Crippen LogP contribution is 2.31. The maximum absolute atomic E-state index is 12.2. The number of unbranched alkanes of at least 4 members (excludes halogenated alkanes) is 1. The van der Waals surface area contributed by atoms with Crippen molar-refractivity contribution in [2.24, 2.45) is 0 Å². The summed E-state index contributed by atoms with van der Waals surface area (Å²) in [5.74, 6) is -0.00253. The molecule has 0 saturated carbocycles. The van der Waals surface area contributed by atoms with Crippen LogP contribution in [0, 0.1) is 0 Å². The molecule has 1 aliphatic rings. The molecule has 2 heterocycles. The molecule has 4 nitrogen and oxygen atoms in total. The van der Waals surface area contributed by atoms with Gasteiger partial charge in [-0.05, 0) is 37.5 Å². The van der Waals surface area contributed by atoms with E-state index in [9.17, 15) is 4.79 Å². The molecule has 2 aromatic rings. The smallest absolute Gasteiger partial charge is 0.239 e. The normalized spacial score (nSPS) is 16.0. The molecule has 1 aromatic carbocycles. The second kappa shape index (κ2) is 7.62. The fourth-order valence-corrected chi connectivity index (χ4v) is 4.18. The Morgan fingerprint density at radius 1 is 1.43 bits per heavy atom. The van der Waals surface area contributed by atoms with Crippen LogP contribution in [-0.2, 0) is 4.79 Å². The van der Waals surface area contributed by atoms with Crippen molar-refractivity contribution in [1.29, 1.82) is 0 Å². The lowest BCUT2D eigenvalue weighted by atomic mass is 10.2. The highest BCUT2D eigenvalue weighted by molar-refractivity contribution is 9.10. The van der Waals surface area contributed by atoms with E-state index >= 15 is 0 Å². The average Bonchev–Trinajstić information content (AvgIpc) is 3.20. The summed E-state index contributed by atoms with van der Waals surface area (Å²) >= 11 is 5.01. The average molecular weight is 396 g/mol. The van der Waals surface area contributed by atoms with E-state index in [1.54, 1.807) is 11.3 Å². The van der Waals surface area contributed by atoms with Gasteiger partial charge in [-0.2, -0.15) is 0 Å². The zero-order chi connectivity index (χ0) is 16.2. The standard InChI is InChI=1S/C17H22BrN3OS/c1-2-3-6-13(18)16(22)20-17-19-14-8-7-12(11-15(14)23-17)21-9-4-5-10-21/h7-8,11,13H,2-6,9-10H2,1H3,(H,19,20,22)/t13-/m0/s1. The van der Waals surface area contributed by atoms with Gasteiger partial charge in [0.1, 0.15) is 0 Å². The summed E-state index contributed by atoms with van der Waals surface area (Å²) in [6, 6.07) is 6.38. The molecule has 3 rings (SSSR count). The molecule has 0 unspecified atom stereocenters. The molecule has 1 atom stereocenters. The highest BCUT2D eigenvalue weighted by atomic mass is 79.9. The SMILES string of the molecule is CCCC[C@H](Br)C(=O)Nc1nc2ccc(N3CCCC3)cc2s1. The Balaban J connectivity index is 1.71. The highest BCUT2D eigenvalue weighted by Gasteiger charge is 2.17. The fourth-order valence-electron chi connectivity index (χ4n) is 2.84. The van der Waals surface area contributed by atoms with Gasteiger partial charge in [0.05, 0.1) is 15.0 Å². The number of benzene rings is 1. The Morgan fingerprint density at radius 2 is 2.22 bits per heavy atom. The van der Waals surface area contributed by atoms with Crippen molar-refractivity contribution < 1.29 is 4.79 Å². The third kappa shape index (κ3) is 4.04. The van der Waals surface area contributed by atoms with Crippen LogP contribution in [0.1, 0.15) is 39.0 Å². The van der Waals surface area contributed by atoms with Gasteiger partial charge in [0.15, 0.2) is 5.13 Å². The van der Waals surface area contributed by atoms with Crippen molar-refractivity contribution in [3.05, 3.63) is 18.2 Å². The van der Waals surface area contributed by atoms with E-state index in [-0.39, 0.29) is 10.7 Å². The lowest BCUT2D eigenvalue weighted by Crippen LogP contribution is -2.22. The first kappa shape index (κ1) is 16.7. The van der Waals surface area contributed by atoms with E-state index in [0.717, 1.165) is 42.6 Å². The Hall–Kier alpha value is -1.14. The van der Waals surface area contributed by atoms with Gasteiger partial charge in [0.2, 0.25) is 5.91 Å². The van der Waals surface area contributed by atoms with Crippen LogP contribution in [0.3, 0.4) is 0 Å². The number of alkyl halides is 1. The topological polar surface area (TPSA) is 45.2 Å². The summed E-state index contributed by atoms with van der Waals surface area (Å²) < 4.78 is 1.13. The van der Waals surface area contributed by atoms with Gasteiger partial charge in [-0.3, -0.25) is 4.79 Å². The van der Waals surface area contributed by atoms with E-state index in [1.807, 2.05) is 0 Å². The molecule has 1 saturated heterocycles. The lowest BCUT2D eigenvalue weighted by molar-refractivity contribution is -0.115. The molecular formula is C17H22BrN3OS. The number of halogens is 1. The van der Waals surface area contributed by atoms with Crippen molar-refractivity contribution in [2.75, 3.05) is 23.3 Å². The largest absolute Gasteiger partial charge is 0.371 e. The van der Waals surface area contributed by atoms with Crippen molar-refractivity contribution in [2.45, 2.75) is 43.9 Å². The summed E-state index contributed by atoms with van der Waals surface area (Å²) in [5.41, 5.74) is 2.21. The number of anilines is 2. The van der Waals surface area contributed by atoms with Gasteiger partial charge in [-0.25, -0.2) is 4.98 Å². The summed E-state index contributed by atoms with van der Waals surface area (Å²) in [5, 5.41) is 3.62. The summed E-state index contributed by atoms with van der Waals surface area (Å²) in [4.78, 5) is 19.0. The number of hydrogen-bond donors (Lipinski definition) is 1. The number of hydrogen-bond acceptors (Lipinski definition) is 4. The molecule has 1 aromatic heterocycles. The maximum Gasteiger partial charge on any atom is 0.239 e. The molecule has 1 amide bonds. The van der Waals surface area contributed by atoms with E-state index < -0.39 is 0 Å². The number of amides is 1. The van der Waals surface area contributed by atoms with Gasteiger partial charge < -0.3 is 10.2 Å². The van der Waals surface area contributed by atoms with Crippen LogP contribution in [0.2, 0.25) is 0 Å². The number of aromatic nitrogens is 1. The first-order valence-corrected chi connectivity index (χ1v) is 10.0. The number of rotatable bonds is 6. The number of nitrogens with zero attached hydrogens (tertiary/aromatic N) is 2. The Bertz CT molecular complexity index is 682. The number of carbonyl (C=O) groups is 1. The van der Waals surface area contributed by atoms with Crippen LogP contribution >= 0.6 is 27.3 Å².